The quantitative estimate of drug-likeness (QED) is 0.364. The standard InChI is InChI=1S/C10H10F8O4/c1-3-6(19)20-5-4-8(13,14)22-10(17,18)9(15,16)21-7(2,11)12/h3H,1,4-5H2,2H3. The largest absolute Gasteiger partial charge is 0.462 e. The van der Waals surface area contributed by atoms with Crippen molar-refractivity contribution >= 4 is 5.97 Å². The first-order valence-electron chi connectivity index (χ1n) is 5.33. The molecule has 0 atom stereocenters. The summed E-state index contributed by atoms with van der Waals surface area (Å²) in [7, 11) is 0. The number of hydrogen-bond acceptors (Lipinski definition) is 4. The number of carbonyl (C=O) groups excluding carboxylic acids is 1. The molecule has 0 aliphatic carbocycles. The van der Waals surface area contributed by atoms with E-state index in [1.54, 1.807) is 0 Å². The van der Waals surface area contributed by atoms with E-state index in [2.05, 4.69) is 20.8 Å². The number of rotatable bonds is 9. The number of ether oxygens (including phenoxy) is 3. The highest BCUT2D eigenvalue weighted by atomic mass is 19.3. The summed E-state index contributed by atoms with van der Waals surface area (Å²) in [5.41, 5.74) is 0. The minimum absolute atomic E-state index is 0.302. The molecule has 0 bridgehead atoms. The van der Waals surface area contributed by atoms with E-state index >= 15 is 0 Å². The molecule has 0 rings (SSSR count). The Balaban J connectivity index is 4.78. The van der Waals surface area contributed by atoms with Crippen LogP contribution in [0.4, 0.5) is 35.1 Å². The zero-order chi connectivity index (χ0) is 17.8. The van der Waals surface area contributed by atoms with E-state index in [9.17, 15) is 39.9 Å². The van der Waals surface area contributed by atoms with Crippen LogP contribution in [0.25, 0.3) is 0 Å². The summed E-state index contributed by atoms with van der Waals surface area (Å²) in [5, 5.41) is 0. The Morgan fingerprint density at radius 2 is 1.45 bits per heavy atom. The van der Waals surface area contributed by atoms with Gasteiger partial charge in [-0.3, -0.25) is 0 Å². The molecule has 130 valence electrons. The molecular weight excluding hydrogens is 336 g/mol. The average molecular weight is 346 g/mol. The number of hydrogen-bond donors (Lipinski definition) is 0. The molecule has 0 amide bonds. The molecule has 0 saturated heterocycles. The van der Waals surface area contributed by atoms with Crippen LogP contribution in [0.2, 0.25) is 0 Å². The molecule has 0 aromatic heterocycles. The van der Waals surface area contributed by atoms with Crippen molar-refractivity contribution in [3.8, 4) is 0 Å². The number of carbonyl (C=O) groups is 1. The normalized spacial score (nSPS) is 13.9. The average Bonchev–Trinajstić information content (AvgIpc) is 2.23. The molecule has 0 N–H and O–H groups in total. The van der Waals surface area contributed by atoms with Crippen molar-refractivity contribution in [2.75, 3.05) is 6.61 Å². The van der Waals surface area contributed by atoms with Gasteiger partial charge in [-0.1, -0.05) is 6.58 Å². The van der Waals surface area contributed by atoms with Crippen LogP contribution in [-0.2, 0) is 19.0 Å². The third kappa shape index (κ3) is 7.02. The first-order chi connectivity index (χ1) is 9.62. The van der Waals surface area contributed by atoms with Gasteiger partial charge in [0.1, 0.15) is 0 Å². The molecule has 0 aromatic carbocycles. The highest BCUT2D eigenvalue weighted by Gasteiger charge is 2.66. The van der Waals surface area contributed by atoms with E-state index in [0.717, 1.165) is 0 Å². The minimum atomic E-state index is -6.07. The summed E-state index contributed by atoms with van der Waals surface area (Å²) in [6.45, 7) is 1.42. The maximum atomic E-state index is 12.9. The molecule has 0 aliphatic rings. The second-order valence-corrected chi connectivity index (χ2v) is 3.80. The van der Waals surface area contributed by atoms with Crippen LogP contribution in [0.1, 0.15) is 13.3 Å². The summed E-state index contributed by atoms with van der Waals surface area (Å²) in [6.07, 6.45) is -22.9. The first-order valence-corrected chi connectivity index (χ1v) is 5.33. The SMILES string of the molecule is C=CC(=O)OCCC(F)(F)OC(F)(F)C(F)(F)OC(C)(F)F. The van der Waals surface area contributed by atoms with Gasteiger partial charge in [0.2, 0.25) is 0 Å². The van der Waals surface area contributed by atoms with Crippen molar-refractivity contribution in [3.63, 3.8) is 0 Å². The molecule has 0 spiro atoms. The number of alkyl halides is 8. The predicted molar refractivity (Wildman–Crippen MR) is 53.4 cm³/mol. The summed E-state index contributed by atoms with van der Waals surface area (Å²) in [5.74, 6) is -1.18. The second-order valence-electron chi connectivity index (χ2n) is 3.80. The van der Waals surface area contributed by atoms with E-state index < -0.39 is 43.4 Å². The van der Waals surface area contributed by atoms with Gasteiger partial charge in [0.05, 0.1) is 13.0 Å². The van der Waals surface area contributed by atoms with E-state index in [0.29, 0.717) is 6.08 Å². The summed E-state index contributed by atoms with van der Waals surface area (Å²) in [6, 6.07) is 0. The monoisotopic (exact) mass is 346 g/mol. The molecule has 22 heavy (non-hydrogen) atoms. The molecule has 12 heteroatoms. The van der Waals surface area contributed by atoms with Gasteiger partial charge in [-0.15, -0.1) is 0 Å². The second kappa shape index (κ2) is 6.77. The molecular formula is C10H10F8O4. The lowest BCUT2D eigenvalue weighted by atomic mass is 10.4. The lowest BCUT2D eigenvalue weighted by Crippen LogP contribution is -2.51. The Kier molecular flexibility index (Phi) is 6.33. The van der Waals surface area contributed by atoms with Gasteiger partial charge >= 0.3 is 30.4 Å². The van der Waals surface area contributed by atoms with Crippen LogP contribution >= 0.6 is 0 Å². The maximum absolute atomic E-state index is 12.9. The van der Waals surface area contributed by atoms with Crippen molar-refractivity contribution in [2.45, 2.75) is 37.8 Å². The topological polar surface area (TPSA) is 44.8 Å². The van der Waals surface area contributed by atoms with Crippen LogP contribution in [0.5, 0.6) is 0 Å². The Bertz CT molecular complexity index is 404. The third-order valence-electron chi connectivity index (χ3n) is 1.73. The Morgan fingerprint density at radius 3 is 1.86 bits per heavy atom. The van der Waals surface area contributed by atoms with Gasteiger partial charge in [-0.05, 0) is 0 Å². The van der Waals surface area contributed by atoms with Gasteiger partial charge < -0.3 is 4.74 Å². The van der Waals surface area contributed by atoms with Crippen molar-refractivity contribution < 1.29 is 54.1 Å². The minimum Gasteiger partial charge on any atom is -0.462 e. The van der Waals surface area contributed by atoms with Crippen LogP contribution in [0, 0.1) is 0 Å². The van der Waals surface area contributed by atoms with E-state index in [-0.39, 0.29) is 6.92 Å². The van der Waals surface area contributed by atoms with E-state index in [4.69, 9.17) is 0 Å². The van der Waals surface area contributed by atoms with Crippen molar-refractivity contribution in [2.24, 2.45) is 0 Å². The van der Waals surface area contributed by atoms with Crippen LogP contribution in [0.3, 0.4) is 0 Å². The van der Waals surface area contributed by atoms with Gasteiger partial charge in [0.25, 0.3) is 0 Å². The van der Waals surface area contributed by atoms with Crippen LogP contribution in [-0.4, -0.2) is 37.0 Å². The molecule has 0 unspecified atom stereocenters. The highest BCUT2D eigenvalue weighted by molar-refractivity contribution is 5.81. The number of esters is 1. The van der Waals surface area contributed by atoms with Gasteiger partial charge in [-0.2, -0.15) is 35.1 Å². The van der Waals surface area contributed by atoms with Crippen molar-refractivity contribution in [1.29, 1.82) is 0 Å². The van der Waals surface area contributed by atoms with Gasteiger partial charge in [0, 0.05) is 13.0 Å². The zero-order valence-corrected chi connectivity index (χ0v) is 10.9. The lowest BCUT2D eigenvalue weighted by Gasteiger charge is -2.30. The highest BCUT2D eigenvalue weighted by Crippen LogP contribution is 2.43. The molecule has 0 fully saturated rings. The van der Waals surface area contributed by atoms with Crippen molar-refractivity contribution in [3.05, 3.63) is 12.7 Å². The number of halogens is 8. The summed E-state index contributed by atoms with van der Waals surface area (Å²) >= 11 is 0. The Labute approximate surface area is 118 Å². The summed E-state index contributed by atoms with van der Waals surface area (Å²) in [4.78, 5) is 10.5. The van der Waals surface area contributed by atoms with Gasteiger partial charge in [-0.25, -0.2) is 14.3 Å². The molecule has 0 aromatic rings. The fourth-order valence-corrected chi connectivity index (χ4v) is 0.912. The molecule has 0 aliphatic heterocycles. The van der Waals surface area contributed by atoms with E-state index in [1.165, 1.54) is 0 Å². The lowest BCUT2D eigenvalue weighted by molar-refractivity contribution is -0.511. The zero-order valence-electron chi connectivity index (χ0n) is 10.9. The summed E-state index contributed by atoms with van der Waals surface area (Å²) < 4.78 is 110. The third-order valence-corrected chi connectivity index (χ3v) is 1.73. The molecule has 0 radical (unpaired) electrons. The molecule has 0 heterocycles. The van der Waals surface area contributed by atoms with Gasteiger partial charge in [0.15, 0.2) is 0 Å². The van der Waals surface area contributed by atoms with E-state index in [1.807, 2.05) is 0 Å². The Hall–Kier alpha value is -1.43. The maximum Gasteiger partial charge on any atom is 0.453 e. The fourth-order valence-electron chi connectivity index (χ4n) is 0.912. The van der Waals surface area contributed by atoms with Crippen LogP contribution < -0.4 is 0 Å². The first kappa shape index (κ1) is 20.6. The molecule has 0 saturated carbocycles. The van der Waals surface area contributed by atoms with Crippen LogP contribution in [0.15, 0.2) is 12.7 Å². The fraction of sp³-hybridized carbons (Fsp3) is 0.700. The smallest absolute Gasteiger partial charge is 0.453 e. The van der Waals surface area contributed by atoms with Crippen molar-refractivity contribution in [1.82, 2.24) is 0 Å². The molecule has 4 nitrogen and oxygen atoms in total. The Morgan fingerprint density at radius 1 is 1.00 bits per heavy atom. The predicted octanol–water partition coefficient (Wildman–Crippen LogP) is 3.53.